The molecule has 0 spiro atoms. The van der Waals surface area contributed by atoms with Crippen LogP contribution < -0.4 is 4.90 Å². The van der Waals surface area contributed by atoms with Gasteiger partial charge >= 0.3 is 0 Å². The van der Waals surface area contributed by atoms with Crippen LogP contribution in [0.1, 0.15) is 12.7 Å². The number of fused-ring (bicyclic) bond motifs is 1. The summed E-state index contributed by atoms with van der Waals surface area (Å²) < 4.78 is 5.74. The van der Waals surface area contributed by atoms with Gasteiger partial charge in [-0.15, -0.1) is 0 Å². The fourth-order valence-electron chi connectivity index (χ4n) is 4.56. The van der Waals surface area contributed by atoms with Crippen LogP contribution in [0.2, 0.25) is 0 Å². The molecule has 1 saturated heterocycles. The quantitative estimate of drug-likeness (QED) is 0.400. The fourth-order valence-corrected chi connectivity index (χ4v) is 4.56. The van der Waals surface area contributed by atoms with Gasteiger partial charge in [-0.25, -0.2) is 4.98 Å². The van der Waals surface area contributed by atoms with Crippen LogP contribution in [-0.2, 0) is 6.54 Å². The standard InChI is InChI=1S/C27H31N5O/c1-2-30(14-15-31-16-18-32(19-17-31)27-12-5-6-13-28-27)21-23-20-26(29-33-23)25-11-7-9-22-8-3-4-10-24(22)25/h3-13,20H,2,14-19,21H2,1H3. The lowest BCUT2D eigenvalue weighted by Gasteiger charge is -2.36. The van der Waals surface area contributed by atoms with Gasteiger partial charge in [-0.3, -0.25) is 9.80 Å². The normalized spacial score (nSPS) is 14.9. The summed E-state index contributed by atoms with van der Waals surface area (Å²) in [6, 6.07) is 23.0. The van der Waals surface area contributed by atoms with Crippen molar-refractivity contribution in [1.82, 2.24) is 19.9 Å². The van der Waals surface area contributed by atoms with E-state index in [1.807, 2.05) is 12.3 Å². The smallest absolute Gasteiger partial charge is 0.151 e. The molecule has 0 saturated carbocycles. The molecule has 1 aliphatic heterocycles. The summed E-state index contributed by atoms with van der Waals surface area (Å²) in [6.45, 7) is 10.3. The van der Waals surface area contributed by atoms with E-state index in [1.165, 1.54) is 10.8 Å². The van der Waals surface area contributed by atoms with Crippen molar-refractivity contribution in [3.8, 4) is 11.3 Å². The number of anilines is 1. The highest BCUT2D eigenvalue weighted by molar-refractivity contribution is 5.95. The van der Waals surface area contributed by atoms with Gasteiger partial charge in [-0.2, -0.15) is 0 Å². The molecule has 1 aliphatic rings. The Morgan fingerprint density at radius 2 is 1.76 bits per heavy atom. The van der Waals surface area contributed by atoms with Crippen molar-refractivity contribution >= 4 is 16.6 Å². The minimum Gasteiger partial charge on any atom is -0.359 e. The van der Waals surface area contributed by atoms with Crippen molar-refractivity contribution in [3.05, 3.63) is 78.7 Å². The number of rotatable bonds is 8. The van der Waals surface area contributed by atoms with E-state index in [4.69, 9.17) is 4.52 Å². The molecular formula is C27H31N5O. The number of pyridine rings is 1. The van der Waals surface area contributed by atoms with E-state index >= 15 is 0 Å². The number of benzene rings is 2. The zero-order chi connectivity index (χ0) is 22.5. The Hall–Kier alpha value is -3.22. The van der Waals surface area contributed by atoms with Crippen LogP contribution in [0.3, 0.4) is 0 Å². The Bertz CT molecular complexity index is 1160. The highest BCUT2D eigenvalue weighted by Crippen LogP contribution is 2.28. The minimum absolute atomic E-state index is 0.780. The predicted octanol–water partition coefficient (Wildman–Crippen LogP) is 4.53. The van der Waals surface area contributed by atoms with Crippen molar-refractivity contribution < 1.29 is 4.52 Å². The van der Waals surface area contributed by atoms with Crippen LogP contribution in [0.25, 0.3) is 22.0 Å². The summed E-state index contributed by atoms with van der Waals surface area (Å²) in [5, 5.41) is 6.81. The zero-order valence-electron chi connectivity index (χ0n) is 19.2. The molecule has 5 rings (SSSR count). The molecule has 170 valence electrons. The van der Waals surface area contributed by atoms with Gasteiger partial charge in [-0.05, 0) is 29.4 Å². The first-order valence-corrected chi connectivity index (χ1v) is 11.8. The van der Waals surface area contributed by atoms with Crippen molar-refractivity contribution in [1.29, 1.82) is 0 Å². The number of piperazine rings is 1. The molecule has 33 heavy (non-hydrogen) atoms. The molecule has 0 atom stereocenters. The third-order valence-electron chi connectivity index (χ3n) is 6.53. The first kappa shape index (κ1) is 21.6. The Morgan fingerprint density at radius 3 is 2.58 bits per heavy atom. The fraction of sp³-hybridized carbons (Fsp3) is 0.333. The minimum atomic E-state index is 0.780. The van der Waals surface area contributed by atoms with E-state index in [-0.39, 0.29) is 0 Å². The molecule has 3 heterocycles. The molecule has 6 nitrogen and oxygen atoms in total. The van der Waals surface area contributed by atoms with Gasteiger partial charge in [0.25, 0.3) is 0 Å². The molecule has 2 aromatic carbocycles. The van der Waals surface area contributed by atoms with Gasteiger partial charge in [0.1, 0.15) is 11.5 Å². The molecule has 6 heteroatoms. The second kappa shape index (κ2) is 10.1. The Labute approximate surface area is 195 Å². The molecule has 0 bridgehead atoms. The highest BCUT2D eigenvalue weighted by atomic mass is 16.5. The third-order valence-corrected chi connectivity index (χ3v) is 6.53. The molecule has 0 unspecified atom stereocenters. The van der Waals surface area contributed by atoms with Crippen molar-refractivity contribution in [3.63, 3.8) is 0 Å². The van der Waals surface area contributed by atoms with Gasteiger partial charge in [0.15, 0.2) is 5.76 Å². The number of nitrogens with zero attached hydrogens (tertiary/aromatic N) is 5. The van der Waals surface area contributed by atoms with Gasteiger partial charge in [0.2, 0.25) is 0 Å². The van der Waals surface area contributed by atoms with E-state index in [0.29, 0.717) is 0 Å². The van der Waals surface area contributed by atoms with Crippen molar-refractivity contribution in [2.75, 3.05) is 50.7 Å². The first-order chi connectivity index (χ1) is 16.3. The molecule has 0 aliphatic carbocycles. The molecule has 2 aromatic heterocycles. The van der Waals surface area contributed by atoms with E-state index in [1.54, 1.807) is 0 Å². The monoisotopic (exact) mass is 441 g/mol. The van der Waals surface area contributed by atoms with Gasteiger partial charge in [0.05, 0.1) is 6.54 Å². The second-order valence-corrected chi connectivity index (χ2v) is 8.59. The van der Waals surface area contributed by atoms with Gasteiger partial charge < -0.3 is 9.42 Å². The summed E-state index contributed by atoms with van der Waals surface area (Å²) in [6.07, 6.45) is 1.87. The summed E-state index contributed by atoms with van der Waals surface area (Å²) in [4.78, 5) is 11.8. The Kier molecular flexibility index (Phi) is 6.65. The zero-order valence-corrected chi connectivity index (χ0v) is 19.2. The van der Waals surface area contributed by atoms with Crippen LogP contribution >= 0.6 is 0 Å². The molecule has 0 amide bonds. The highest BCUT2D eigenvalue weighted by Gasteiger charge is 2.19. The van der Waals surface area contributed by atoms with Crippen LogP contribution in [0, 0.1) is 0 Å². The molecule has 0 N–H and O–H groups in total. The van der Waals surface area contributed by atoms with Crippen molar-refractivity contribution in [2.24, 2.45) is 0 Å². The predicted molar refractivity (Wildman–Crippen MR) is 133 cm³/mol. The second-order valence-electron chi connectivity index (χ2n) is 8.59. The molecule has 4 aromatic rings. The number of aromatic nitrogens is 2. The SMILES string of the molecule is CCN(CCN1CCN(c2ccccn2)CC1)Cc1cc(-c2cccc3ccccc23)no1. The van der Waals surface area contributed by atoms with Gasteiger partial charge in [0, 0.05) is 57.1 Å². The number of likely N-dealkylation sites (N-methyl/N-ethyl adjacent to an activating group) is 1. The lowest BCUT2D eigenvalue weighted by atomic mass is 10.0. The average molecular weight is 442 g/mol. The summed E-state index contributed by atoms with van der Waals surface area (Å²) in [7, 11) is 0. The molecule has 0 radical (unpaired) electrons. The lowest BCUT2D eigenvalue weighted by Crippen LogP contribution is -2.48. The first-order valence-electron chi connectivity index (χ1n) is 11.8. The average Bonchev–Trinajstić information content (AvgIpc) is 3.35. The third kappa shape index (κ3) is 5.07. The van der Waals surface area contributed by atoms with Crippen LogP contribution in [0.15, 0.2) is 77.4 Å². The van der Waals surface area contributed by atoms with Crippen LogP contribution in [-0.4, -0.2) is 65.8 Å². The number of hydrogen-bond acceptors (Lipinski definition) is 6. The largest absolute Gasteiger partial charge is 0.359 e. The van der Waals surface area contributed by atoms with Crippen LogP contribution in [0.4, 0.5) is 5.82 Å². The van der Waals surface area contributed by atoms with E-state index in [9.17, 15) is 0 Å². The maximum atomic E-state index is 5.74. The van der Waals surface area contributed by atoms with Gasteiger partial charge in [-0.1, -0.05) is 60.6 Å². The molecular weight excluding hydrogens is 410 g/mol. The van der Waals surface area contributed by atoms with Crippen molar-refractivity contribution in [2.45, 2.75) is 13.5 Å². The lowest BCUT2D eigenvalue weighted by molar-refractivity contribution is 0.185. The maximum Gasteiger partial charge on any atom is 0.151 e. The summed E-state index contributed by atoms with van der Waals surface area (Å²) in [5.41, 5.74) is 2.03. The van der Waals surface area contributed by atoms with E-state index < -0.39 is 0 Å². The van der Waals surface area contributed by atoms with E-state index in [0.717, 1.165) is 75.2 Å². The summed E-state index contributed by atoms with van der Waals surface area (Å²) >= 11 is 0. The summed E-state index contributed by atoms with van der Waals surface area (Å²) in [5.74, 6) is 2.00. The molecule has 1 fully saturated rings. The Morgan fingerprint density at radius 1 is 0.939 bits per heavy atom. The topological polar surface area (TPSA) is 48.6 Å². The number of hydrogen-bond donors (Lipinski definition) is 0. The maximum absolute atomic E-state index is 5.74. The Balaban J connectivity index is 1.16. The van der Waals surface area contributed by atoms with E-state index in [2.05, 4.69) is 92.4 Å². The van der Waals surface area contributed by atoms with Crippen LogP contribution in [0.5, 0.6) is 0 Å².